The number of hydrogen-bond acceptors (Lipinski definition) is 3. The van der Waals surface area contributed by atoms with Crippen LogP contribution in [0.1, 0.15) is 10.4 Å². The summed E-state index contributed by atoms with van der Waals surface area (Å²) < 4.78 is 24.9. The predicted octanol–water partition coefficient (Wildman–Crippen LogP) is 3.11. The van der Waals surface area contributed by atoms with Crippen LogP contribution in [0.2, 0.25) is 0 Å². The Morgan fingerprint density at radius 1 is 1.00 bits per heavy atom. The van der Waals surface area contributed by atoms with Crippen LogP contribution in [0.15, 0.2) is 64.0 Å². The van der Waals surface area contributed by atoms with Gasteiger partial charge in [0.25, 0.3) is 0 Å². The topological polar surface area (TPSA) is 51.2 Å². The fourth-order valence-corrected chi connectivity index (χ4v) is 3.45. The van der Waals surface area contributed by atoms with Crippen molar-refractivity contribution < 1.29 is 13.2 Å². The van der Waals surface area contributed by atoms with Crippen molar-refractivity contribution in [1.82, 2.24) is 0 Å². The number of rotatable bonds is 4. The summed E-state index contributed by atoms with van der Waals surface area (Å²) in [6, 6.07) is 14.8. The molecule has 0 unspecified atom stereocenters. The van der Waals surface area contributed by atoms with Gasteiger partial charge in [-0.05, 0) is 18.2 Å². The molecule has 0 aliphatic carbocycles. The number of ketones is 1. The van der Waals surface area contributed by atoms with Crippen molar-refractivity contribution >= 4 is 31.6 Å². The van der Waals surface area contributed by atoms with Crippen LogP contribution < -0.4 is 0 Å². The minimum atomic E-state index is -3.61. The molecular formula is C14H11BrO3S. The molecule has 0 aliphatic heterocycles. The lowest BCUT2D eigenvalue weighted by Gasteiger charge is -2.04. The molecule has 0 N–H and O–H groups in total. The highest BCUT2D eigenvalue weighted by Crippen LogP contribution is 2.18. The van der Waals surface area contributed by atoms with Crippen LogP contribution in [-0.4, -0.2) is 20.0 Å². The van der Waals surface area contributed by atoms with Crippen LogP contribution in [0.5, 0.6) is 0 Å². The summed E-state index contributed by atoms with van der Waals surface area (Å²) in [7, 11) is -3.61. The van der Waals surface area contributed by atoms with Gasteiger partial charge in [0.05, 0.1) is 4.90 Å². The van der Waals surface area contributed by atoms with Crippen molar-refractivity contribution in [3.8, 4) is 0 Å². The van der Waals surface area contributed by atoms with Crippen molar-refractivity contribution in [2.75, 3.05) is 5.75 Å². The molecule has 0 aliphatic rings. The number of carbonyl (C=O) groups is 1. The smallest absolute Gasteiger partial charge is 0.185 e. The van der Waals surface area contributed by atoms with Gasteiger partial charge in [-0.15, -0.1) is 0 Å². The zero-order valence-corrected chi connectivity index (χ0v) is 12.3. The molecule has 0 bridgehead atoms. The van der Waals surface area contributed by atoms with Gasteiger partial charge in [-0.3, -0.25) is 4.79 Å². The number of halogens is 1. The lowest BCUT2D eigenvalue weighted by molar-refractivity contribution is 0.102. The van der Waals surface area contributed by atoms with Gasteiger partial charge < -0.3 is 0 Å². The Hall–Kier alpha value is -1.46. The molecule has 0 fully saturated rings. The maximum Gasteiger partial charge on any atom is 0.185 e. The zero-order valence-electron chi connectivity index (χ0n) is 9.91. The van der Waals surface area contributed by atoms with Gasteiger partial charge in [0, 0.05) is 10.0 Å². The number of benzene rings is 2. The average molecular weight is 339 g/mol. The van der Waals surface area contributed by atoms with Crippen LogP contribution in [-0.2, 0) is 9.84 Å². The summed E-state index contributed by atoms with van der Waals surface area (Å²) in [6.07, 6.45) is 0. The predicted molar refractivity (Wildman–Crippen MR) is 77.0 cm³/mol. The first-order chi connectivity index (χ1) is 8.99. The standard InChI is InChI=1S/C14H11BrO3S/c15-12-7-4-8-13(9-12)19(17,18)10-14(16)11-5-2-1-3-6-11/h1-9H,10H2. The van der Waals surface area contributed by atoms with E-state index in [1.807, 2.05) is 0 Å². The summed E-state index contributed by atoms with van der Waals surface area (Å²) in [4.78, 5) is 12.1. The molecular weight excluding hydrogens is 328 g/mol. The third-order valence-electron chi connectivity index (χ3n) is 2.57. The highest BCUT2D eigenvalue weighted by Gasteiger charge is 2.20. The summed E-state index contributed by atoms with van der Waals surface area (Å²) in [6.45, 7) is 0. The SMILES string of the molecule is O=C(CS(=O)(=O)c1cccc(Br)c1)c1ccccc1. The molecule has 0 saturated carbocycles. The third kappa shape index (κ3) is 3.52. The molecule has 3 nitrogen and oxygen atoms in total. The molecule has 0 atom stereocenters. The highest BCUT2D eigenvalue weighted by molar-refractivity contribution is 9.10. The summed E-state index contributed by atoms with van der Waals surface area (Å²) >= 11 is 3.22. The highest BCUT2D eigenvalue weighted by atomic mass is 79.9. The van der Waals surface area contributed by atoms with E-state index >= 15 is 0 Å². The monoisotopic (exact) mass is 338 g/mol. The Kier molecular flexibility index (Phi) is 4.17. The van der Waals surface area contributed by atoms with Crippen molar-refractivity contribution in [2.24, 2.45) is 0 Å². The molecule has 5 heteroatoms. The van der Waals surface area contributed by atoms with Crippen molar-refractivity contribution in [1.29, 1.82) is 0 Å². The van der Waals surface area contributed by atoms with Gasteiger partial charge in [-0.25, -0.2) is 8.42 Å². The lowest BCUT2D eigenvalue weighted by Crippen LogP contribution is -2.16. The second kappa shape index (κ2) is 5.67. The van der Waals surface area contributed by atoms with Crippen LogP contribution in [0.3, 0.4) is 0 Å². The van der Waals surface area contributed by atoms with Crippen LogP contribution in [0.25, 0.3) is 0 Å². The fraction of sp³-hybridized carbons (Fsp3) is 0.0714. The molecule has 2 rings (SSSR count). The number of carbonyl (C=O) groups excluding carboxylic acids is 1. The van der Waals surface area contributed by atoms with E-state index in [9.17, 15) is 13.2 Å². The fourth-order valence-electron chi connectivity index (χ4n) is 1.62. The zero-order chi connectivity index (χ0) is 13.9. The van der Waals surface area contributed by atoms with Crippen LogP contribution in [0.4, 0.5) is 0 Å². The quantitative estimate of drug-likeness (QED) is 0.805. The molecule has 0 spiro atoms. The van der Waals surface area contributed by atoms with E-state index in [0.717, 1.165) is 0 Å². The van der Waals surface area contributed by atoms with Crippen molar-refractivity contribution in [2.45, 2.75) is 4.90 Å². The number of hydrogen-bond donors (Lipinski definition) is 0. The summed E-state index contributed by atoms with van der Waals surface area (Å²) in [5.74, 6) is -0.923. The molecule has 2 aromatic rings. The van der Waals surface area contributed by atoms with Gasteiger partial charge in [-0.1, -0.05) is 52.3 Å². The lowest BCUT2D eigenvalue weighted by atomic mass is 10.2. The maximum absolute atomic E-state index is 12.1. The Balaban J connectivity index is 2.25. The maximum atomic E-state index is 12.1. The molecule has 2 aromatic carbocycles. The van der Waals surface area contributed by atoms with Gasteiger partial charge in [0.1, 0.15) is 5.75 Å². The van der Waals surface area contributed by atoms with Crippen LogP contribution >= 0.6 is 15.9 Å². The van der Waals surface area contributed by atoms with Gasteiger partial charge in [0.2, 0.25) is 0 Å². The molecule has 0 radical (unpaired) electrons. The second-order valence-corrected chi connectivity index (χ2v) is 6.91. The van der Waals surface area contributed by atoms with Crippen molar-refractivity contribution in [3.63, 3.8) is 0 Å². The normalized spacial score (nSPS) is 11.2. The molecule has 98 valence electrons. The first-order valence-electron chi connectivity index (χ1n) is 5.55. The van der Waals surface area contributed by atoms with E-state index in [0.29, 0.717) is 10.0 Å². The van der Waals surface area contributed by atoms with Crippen LogP contribution in [0, 0.1) is 0 Å². The van der Waals surface area contributed by atoms with E-state index < -0.39 is 21.4 Å². The Bertz CT molecular complexity index is 694. The van der Waals surface area contributed by atoms with E-state index in [2.05, 4.69) is 15.9 Å². The second-order valence-electron chi connectivity index (χ2n) is 4.01. The molecule has 19 heavy (non-hydrogen) atoms. The first kappa shape index (κ1) is 14.0. The molecule has 0 saturated heterocycles. The molecule has 0 amide bonds. The number of sulfone groups is 1. The van der Waals surface area contributed by atoms with Gasteiger partial charge in [-0.2, -0.15) is 0 Å². The van der Waals surface area contributed by atoms with Crippen molar-refractivity contribution in [3.05, 3.63) is 64.6 Å². The number of Topliss-reactive ketones (excluding diaryl/α,β-unsaturated/α-hetero) is 1. The van der Waals surface area contributed by atoms with Gasteiger partial charge in [0.15, 0.2) is 15.6 Å². The summed E-state index contributed by atoms with van der Waals surface area (Å²) in [5, 5.41) is 0. The Morgan fingerprint density at radius 3 is 2.32 bits per heavy atom. The molecule has 0 aromatic heterocycles. The van der Waals surface area contributed by atoms with E-state index in [1.165, 1.54) is 12.1 Å². The average Bonchev–Trinajstić information content (AvgIpc) is 2.39. The summed E-state index contributed by atoms with van der Waals surface area (Å²) in [5.41, 5.74) is 0.404. The Labute approximate surface area is 120 Å². The first-order valence-corrected chi connectivity index (χ1v) is 8.00. The van der Waals surface area contributed by atoms with E-state index in [-0.39, 0.29) is 4.90 Å². The minimum absolute atomic E-state index is 0.145. The molecule has 0 heterocycles. The Morgan fingerprint density at radius 2 is 1.68 bits per heavy atom. The minimum Gasteiger partial charge on any atom is -0.293 e. The van der Waals surface area contributed by atoms with E-state index in [1.54, 1.807) is 42.5 Å². The third-order valence-corrected chi connectivity index (χ3v) is 4.68. The van der Waals surface area contributed by atoms with Gasteiger partial charge >= 0.3 is 0 Å². The van der Waals surface area contributed by atoms with E-state index in [4.69, 9.17) is 0 Å². The largest absolute Gasteiger partial charge is 0.293 e.